The predicted octanol–water partition coefficient (Wildman–Crippen LogP) is 4.36. The highest BCUT2D eigenvalue weighted by atomic mass is 32.1. The van der Waals surface area contributed by atoms with Gasteiger partial charge >= 0.3 is 0 Å². The minimum atomic E-state index is 0.420. The fourth-order valence-electron chi connectivity index (χ4n) is 2.28. The number of hydrogen-bond acceptors (Lipinski definition) is 7. The molecule has 0 fully saturated rings. The number of aromatic nitrogens is 1. The molecule has 2 aromatic carbocycles. The smallest absolute Gasteiger partial charge is 0.203 e. The van der Waals surface area contributed by atoms with Crippen molar-refractivity contribution in [2.75, 3.05) is 25.7 Å². The predicted molar refractivity (Wildman–Crippen MR) is 108 cm³/mol. The summed E-state index contributed by atoms with van der Waals surface area (Å²) in [5.74, 6) is 2.13. The van der Waals surface area contributed by atoms with Crippen molar-refractivity contribution in [1.29, 1.82) is 0 Å². The molecule has 0 saturated heterocycles. The summed E-state index contributed by atoms with van der Waals surface area (Å²) in [7, 11) is 1.61. The first-order chi connectivity index (χ1) is 13.2. The van der Waals surface area contributed by atoms with E-state index in [9.17, 15) is 0 Å². The molecule has 0 bridgehead atoms. The van der Waals surface area contributed by atoms with Gasteiger partial charge < -0.3 is 14.2 Å². The van der Waals surface area contributed by atoms with Gasteiger partial charge in [0.15, 0.2) is 11.5 Å². The van der Waals surface area contributed by atoms with Gasteiger partial charge in [0.05, 0.1) is 19.0 Å². The summed E-state index contributed by atoms with van der Waals surface area (Å²) < 4.78 is 16.8. The molecule has 3 aromatic rings. The summed E-state index contributed by atoms with van der Waals surface area (Å²) in [6, 6.07) is 15.3. The molecule has 0 unspecified atom stereocenters. The monoisotopic (exact) mass is 383 g/mol. The molecule has 1 heterocycles. The van der Waals surface area contributed by atoms with Crippen molar-refractivity contribution < 1.29 is 14.2 Å². The molecule has 0 aliphatic carbocycles. The largest absolute Gasteiger partial charge is 0.493 e. The van der Waals surface area contributed by atoms with Gasteiger partial charge in [0.25, 0.3) is 0 Å². The Labute approximate surface area is 162 Å². The van der Waals surface area contributed by atoms with E-state index in [-0.39, 0.29) is 0 Å². The Morgan fingerprint density at radius 1 is 1.07 bits per heavy atom. The molecular formula is C20H21N3O3S. The number of rotatable bonds is 9. The zero-order chi connectivity index (χ0) is 18.9. The van der Waals surface area contributed by atoms with Crippen LogP contribution in [0.25, 0.3) is 0 Å². The quantitative estimate of drug-likeness (QED) is 0.338. The first kappa shape index (κ1) is 18.7. The summed E-state index contributed by atoms with van der Waals surface area (Å²) in [5.41, 5.74) is 4.77. The number of nitrogens with one attached hydrogen (secondary N) is 1. The van der Waals surface area contributed by atoms with E-state index in [2.05, 4.69) is 15.5 Å². The number of nitrogens with zero attached hydrogens (tertiary/aromatic N) is 2. The first-order valence-electron chi connectivity index (χ1n) is 8.44. The number of para-hydroxylation sites is 1. The topological polar surface area (TPSA) is 65.0 Å². The minimum absolute atomic E-state index is 0.420. The van der Waals surface area contributed by atoms with E-state index in [1.807, 2.05) is 60.8 Å². The summed E-state index contributed by atoms with van der Waals surface area (Å²) >= 11 is 1.51. The molecular weight excluding hydrogens is 362 g/mol. The van der Waals surface area contributed by atoms with Crippen molar-refractivity contribution >= 4 is 22.7 Å². The third-order valence-corrected chi connectivity index (χ3v) is 4.40. The molecule has 0 radical (unpaired) electrons. The number of hydrazone groups is 1. The summed E-state index contributed by atoms with van der Waals surface area (Å²) in [4.78, 5) is 4.29. The van der Waals surface area contributed by atoms with Crippen molar-refractivity contribution in [3.05, 3.63) is 65.2 Å². The van der Waals surface area contributed by atoms with E-state index in [4.69, 9.17) is 14.2 Å². The third kappa shape index (κ3) is 5.72. The second-order valence-corrected chi connectivity index (χ2v) is 6.44. The number of benzene rings is 2. The van der Waals surface area contributed by atoms with Crippen LogP contribution in [-0.4, -0.2) is 31.5 Å². The van der Waals surface area contributed by atoms with Crippen molar-refractivity contribution in [3.8, 4) is 17.2 Å². The Kier molecular flexibility index (Phi) is 6.65. The van der Waals surface area contributed by atoms with Crippen LogP contribution in [0.5, 0.6) is 17.2 Å². The van der Waals surface area contributed by atoms with Crippen LogP contribution in [0, 0.1) is 6.92 Å². The zero-order valence-electron chi connectivity index (χ0n) is 15.2. The van der Waals surface area contributed by atoms with Crippen LogP contribution in [-0.2, 0) is 0 Å². The lowest BCUT2D eigenvalue weighted by Crippen LogP contribution is -2.09. The van der Waals surface area contributed by atoms with E-state index in [1.165, 1.54) is 11.3 Å². The molecule has 1 N–H and O–H groups in total. The van der Waals surface area contributed by atoms with Gasteiger partial charge in [0, 0.05) is 5.38 Å². The van der Waals surface area contributed by atoms with Crippen LogP contribution in [0.2, 0.25) is 0 Å². The van der Waals surface area contributed by atoms with E-state index < -0.39 is 0 Å². The van der Waals surface area contributed by atoms with Gasteiger partial charge in [-0.2, -0.15) is 5.10 Å². The lowest BCUT2D eigenvalue weighted by atomic mass is 10.2. The highest BCUT2D eigenvalue weighted by Gasteiger charge is 2.05. The van der Waals surface area contributed by atoms with Gasteiger partial charge in [-0.15, -0.1) is 11.3 Å². The molecule has 0 spiro atoms. The fraction of sp³-hybridized carbons (Fsp3) is 0.200. The number of thiazole rings is 1. The number of ether oxygens (including phenoxy) is 3. The Hall–Kier alpha value is -3.06. The highest BCUT2D eigenvalue weighted by molar-refractivity contribution is 7.13. The van der Waals surface area contributed by atoms with Gasteiger partial charge in [-0.25, -0.2) is 4.98 Å². The fourth-order valence-corrected chi connectivity index (χ4v) is 2.92. The van der Waals surface area contributed by atoms with Crippen molar-refractivity contribution in [2.45, 2.75) is 6.92 Å². The molecule has 6 nitrogen and oxygen atoms in total. The van der Waals surface area contributed by atoms with Crippen LogP contribution in [0.1, 0.15) is 11.3 Å². The minimum Gasteiger partial charge on any atom is -0.493 e. The Morgan fingerprint density at radius 3 is 2.63 bits per heavy atom. The van der Waals surface area contributed by atoms with E-state index in [0.29, 0.717) is 24.7 Å². The lowest BCUT2D eigenvalue weighted by molar-refractivity contribution is 0.211. The van der Waals surface area contributed by atoms with E-state index >= 15 is 0 Å². The van der Waals surface area contributed by atoms with E-state index in [1.54, 1.807) is 13.3 Å². The van der Waals surface area contributed by atoms with Crippen LogP contribution in [0.4, 0.5) is 5.13 Å². The maximum atomic E-state index is 5.76. The Bertz CT molecular complexity index is 881. The summed E-state index contributed by atoms with van der Waals surface area (Å²) in [5, 5.41) is 6.92. The van der Waals surface area contributed by atoms with Crippen LogP contribution in [0.3, 0.4) is 0 Å². The molecule has 0 amide bonds. The molecule has 0 aliphatic heterocycles. The van der Waals surface area contributed by atoms with Crippen LogP contribution in [0.15, 0.2) is 59.0 Å². The van der Waals surface area contributed by atoms with Gasteiger partial charge in [-0.05, 0) is 42.8 Å². The molecule has 0 saturated carbocycles. The lowest BCUT2D eigenvalue weighted by Gasteiger charge is -2.12. The molecule has 3 rings (SSSR count). The second kappa shape index (κ2) is 9.59. The molecule has 7 heteroatoms. The van der Waals surface area contributed by atoms with Gasteiger partial charge in [0.2, 0.25) is 5.13 Å². The zero-order valence-corrected chi connectivity index (χ0v) is 16.0. The van der Waals surface area contributed by atoms with Gasteiger partial charge in [-0.1, -0.05) is 18.2 Å². The summed E-state index contributed by atoms with van der Waals surface area (Å²) in [6.07, 6.45) is 1.71. The second-order valence-electron chi connectivity index (χ2n) is 5.58. The number of methoxy groups -OCH3 is 1. The molecule has 27 heavy (non-hydrogen) atoms. The van der Waals surface area contributed by atoms with Crippen molar-refractivity contribution in [1.82, 2.24) is 4.98 Å². The Balaban J connectivity index is 1.52. The van der Waals surface area contributed by atoms with E-state index in [0.717, 1.165) is 22.1 Å². The number of aryl methyl sites for hydroxylation is 1. The third-order valence-electron chi connectivity index (χ3n) is 3.53. The molecule has 140 valence electrons. The maximum Gasteiger partial charge on any atom is 0.203 e. The average molecular weight is 383 g/mol. The number of hydrogen-bond donors (Lipinski definition) is 1. The molecule has 1 aromatic heterocycles. The standard InChI is InChI=1S/C20H21N3O3S/c1-15-14-27-20(22-15)23-21-13-16-8-9-18(19(12-16)24-2)26-11-10-25-17-6-4-3-5-7-17/h3-9,12-14H,10-11H2,1-2H3,(H,22,23). The Morgan fingerprint density at radius 2 is 1.89 bits per heavy atom. The normalized spacial score (nSPS) is 10.7. The SMILES string of the molecule is COc1cc(C=NNc2nc(C)cs2)ccc1OCCOc1ccccc1. The average Bonchev–Trinajstić information content (AvgIpc) is 3.11. The van der Waals surface area contributed by atoms with Crippen molar-refractivity contribution in [2.24, 2.45) is 5.10 Å². The number of anilines is 1. The molecule has 0 aliphatic rings. The van der Waals surface area contributed by atoms with Crippen LogP contribution >= 0.6 is 11.3 Å². The highest BCUT2D eigenvalue weighted by Crippen LogP contribution is 2.27. The maximum absolute atomic E-state index is 5.76. The van der Waals surface area contributed by atoms with Crippen molar-refractivity contribution in [3.63, 3.8) is 0 Å². The summed E-state index contributed by atoms with van der Waals surface area (Å²) in [6.45, 7) is 2.82. The first-order valence-corrected chi connectivity index (χ1v) is 9.32. The molecule has 0 atom stereocenters. The van der Waals surface area contributed by atoms with Crippen LogP contribution < -0.4 is 19.6 Å². The van der Waals surface area contributed by atoms with Gasteiger partial charge in [-0.3, -0.25) is 5.43 Å². The van der Waals surface area contributed by atoms with Gasteiger partial charge in [0.1, 0.15) is 19.0 Å².